The van der Waals surface area contributed by atoms with Crippen LogP contribution in [0.25, 0.3) is 0 Å². The molecule has 2 saturated heterocycles. The lowest BCUT2D eigenvalue weighted by Crippen LogP contribution is -2.49. The highest BCUT2D eigenvalue weighted by atomic mass is 32.2. The summed E-state index contributed by atoms with van der Waals surface area (Å²) in [6, 6.07) is 11.7. The summed E-state index contributed by atoms with van der Waals surface area (Å²) in [4.78, 5) is 15.3. The van der Waals surface area contributed by atoms with Gasteiger partial charge in [-0.05, 0) is 81.9 Å². The van der Waals surface area contributed by atoms with Gasteiger partial charge < -0.3 is 14.5 Å². The standard InChI is InChI=1S/C29H41N3O5S/c33-16-4-12-31-13-9-23(10-14-31)21-38(35,36)32-15-11-24(18-26(32)17-22-5-2-1-3-6-22)19-28(34)27-20-29(37-30-27)25-7-8-25/h1-3,5-6,20,23-26,33H,4,7-19,21H2/t24-,26-/m0/s1. The van der Waals surface area contributed by atoms with Gasteiger partial charge in [-0.2, -0.15) is 4.31 Å². The minimum atomic E-state index is -3.43. The van der Waals surface area contributed by atoms with Gasteiger partial charge in [0.1, 0.15) is 11.5 Å². The first-order valence-electron chi connectivity index (χ1n) is 14.3. The van der Waals surface area contributed by atoms with E-state index in [-0.39, 0.29) is 36.0 Å². The number of aliphatic hydroxyl groups is 1. The maximum Gasteiger partial charge on any atom is 0.214 e. The number of nitrogens with zero attached hydrogens (tertiary/aromatic N) is 3. The molecule has 0 bridgehead atoms. The van der Waals surface area contributed by atoms with Gasteiger partial charge in [-0.1, -0.05) is 35.5 Å². The molecule has 3 fully saturated rings. The van der Waals surface area contributed by atoms with E-state index >= 15 is 0 Å². The predicted molar refractivity (Wildman–Crippen MR) is 145 cm³/mol. The summed E-state index contributed by atoms with van der Waals surface area (Å²) < 4.78 is 34.6. The lowest BCUT2D eigenvalue weighted by Gasteiger charge is -2.40. The van der Waals surface area contributed by atoms with Gasteiger partial charge in [-0.15, -0.1) is 0 Å². The highest BCUT2D eigenvalue weighted by Gasteiger charge is 2.38. The minimum Gasteiger partial charge on any atom is -0.396 e. The van der Waals surface area contributed by atoms with Crippen LogP contribution < -0.4 is 0 Å². The number of Topliss-reactive ketones (excluding diaryl/α,β-unsaturated/α-hetero) is 1. The number of sulfonamides is 1. The van der Waals surface area contributed by atoms with Crippen molar-refractivity contribution in [1.82, 2.24) is 14.4 Å². The van der Waals surface area contributed by atoms with Gasteiger partial charge in [-0.25, -0.2) is 8.42 Å². The summed E-state index contributed by atoms with van der Waals surface area (Å²) in [5.74, 6) is 1.70. The van der Waals surface area contributed by atoms with Gasteiger partial charge in [0.15, 0.2) is 5.78 Å². The van der Waals surface area contributed by atoms with Crippen molar-refractivity contribution < 1.29 is 22.8 Å². The zero-order valence-corrected chi connectivity index (χ0v) is 23.0. The average molecular weight is 544 g/mol. The quantitative estimate of drug-likeness (QED) is 0.405. The number of carbonyl (C=O) groups is 1. The summed E-state index contributed by atoms with van der Waals surface area (Å²) in [5, 5.41) is 13.1. The number of piperidine rings is 2. The van der Waals surface area contributed by atoms with Gasteiger partial charge in [0.05, 0.1) is 5.75 Å². The Hall–Kier alpha value is -2.07. The summed E-state index contributed by atoms with van der Waals surface area (Å²) in [6.45, 7) is 3.31. The van der Waals surface area contributed by atoms with Crippen molar-refractivity contribution in [2.75, 3.05) is 38.5 Å². The van der Waals surface area contributed by atoms with Crippen molar-refractivity contribution in [2.45, 2.75) is 69.7 Å². The third kappa shape index (κ3) is 7.11. The van der Waals surface area contributed by atoms with Crippen LogP contribution in [-0.2, 0) is 16.4 Å². The number of aliphatic hydroxyl groups excluding tert-OH is 1. The van der Waals surface area contributed by atoms with Crippen LogP contribution in [0.5, 0.6) is 0 Å². The molecule has 208 valence electrons. The molecule has 0 unspecified atom stereocenters. The second kappa shape index (κ2) is 12.4. The molecule has 9 heteroatoms. The highest BCUT2D eigenvalue weighted by Crippen LogP contribution is 2.40. The molecule has 0 radical (unpaired) electrons. The Kier molecular flexibility index (Phi) is 8.98. The lowest BCUT2D eigenvalue weighted by atomic mass is 9.85. The van der Waals surface area contributed by atoms with Crippen LogP contribution in [0.2, 0.25) is 0 Å². The molecule has 0 amide bonds. The fraction of sp³-hybridized carbons (Fsp3) is 0.655. The zero-order chi connectivity index (χ0) is 26.5. The fourth-order valence-electron chi connectivity index (χ4n) is 6.15. The second-order valence-corrected chi connectivity index (χ2v) is 13.5. The van der Waals surface area contributed by atoms with E-state index in [1.54, 1.807) is 10.4 Å². The van der Waals surface area contributed by atoms with Crippen molar-refractivity contribution in [3.8, 4) is 0 Å². The number of aromatic nitrogens is 1. The molecule has 1 saturated carbocycles. The number of carbonyl (C=O) groups excluding carboxylic acids is 1. The highest BCUT2D eigenvalue weighted by molar-refractivity contribution is 7.89. The molecular weight excluding hydrogens is 502 g/mol. The maximum absolute atomic E-state index is 13.7. The summed E-state index contributed by atoms with van der Waals surface area (Å²) in [5.41, 5.74) is 1.53. The Morgan fingerprint density at radius 3 is 2.47 bits per heavy atom. The molecule has 8 nitrogen and oxygen atoms in total. The first-order chi connectivity index (χ1) is 18.4. The largest absolute Gasteiger partial charge is 0.396 e. The van der Waals surface area contributed by atoms with Gasteiger partial charge in [0.25, 0.3) is 0 Å². The molecule has 3 aliphatic rings. The van der Waals surface area contributed by atoms with Crippen molar-refractivity contribution >= 4 is 15.8 Å². The van der Waals surface area contributed by atoms with Crippen LogP contribution in [0, 0.1) is 11.8 Å². The summed E-state index contributed by atoms with van der Waals surface area (Å²) in [7, 11) is -3.43. The lowest BCUT2D eigenvalue weighted by molar-refractivity contribution is 0.0919. The average Bonchev–Trinajstić information content (AvgIpc) is 3.64. The van der Waals surface area contributed by atoms with Gasteiger partial charge in [0, 0.05) is 44.1 Å². The smallest absolute Gasteiger partial charge is 0.214 e. The van der Waals surface area contributed by atoms with Crippen molar-refractivity contribution in [3.05, 3.63) is 53.4 Å². The van der Waals surface area contributed by atoms with E-state index in [9.17, 15) is 13.2 Å². The van der Waals surface area contributed by atoms with Crippen LogP contribution in [0.15, 0.2) is 40.9 Å². The van der Waals surface area contributed by atoms with Gasteiger partial charge >= 0.3 is 0 Å². The van der Waals surface area contributed by atoms with E-state index in [4.69, 9.17) is 9.63 Å². The molecule has 2 aliphatic heterocycles. The molecule has 2 aromatic rings. The molecule has 2 atom stereocenters. The minimum absolute atomic E-state index is 0.00613. The number of rotatable bonds is 12. The Bertz CT molecular complexity index is 1160. The Labute approximate surface area is 226 Å². The Morgan fingerprint density at radius 2 is 1.76 bits per heavy atom. The molecule has 1 aromatic carbocycles. The summed E-state index contributed by atoms with van der Waals surface area (Å²) >= 11 is 0. The third-order valence-corrected chi connectivity index (χ3v) is 10.6. The molecule has 5 rings (SSSR count). The molecule has 38 heavy (non-hydrogen) atoms. The van der Waals surface area contributed by atoms with Crippen molar-refractivity contribution in [3.63, 3.8) is 0 Å². The van der Waals surface area contributed by atoms with Crippen molar-refractivity contribution in [2.24, 2.45) is 11.8 Å². The zero-order valence-electron chi connectivity index (χ0n) is 22.2. The van der Waals surface area contributed by atoms with Crippen LogP contribution >= 0.6 is 0 Å². The van der Waals surface area contributed by atoms with E-state index in [0.29, 0.717) is 43.8 Å². The number of ketones is 1. The van der Waals surface area contributed by atoms with Crippen molar-refractivity contribution in [1.29, 1.82) is 0 Å². The molecule has 0 spiro atoms. The summed E-state index contributed by atoms with van der Waals surface area (Å²) in [6.07, 6.45) is 7.09. The SMILES string of the molecule is O=C(C[C@H]1CCN(S(=O)(=O)CC2CCN(CCCO)CC2)[C@@H](Cc2ccccc2)C1)c1cc(C2CC2)on1. The molecule has 1 aromatic heterocycles. The van der Waals surface area contributed by atoms with E-state index in [1.807, 2.05) is 18.2 Å². The van der Waals surface area contributed by atoms with Gasteiger partial charge in [0.2, 0.25) is 10.0 Å². The molecule has 1 N–H and O–H groups in total. The monoisotopic (exact) mass is 543 g/mol. The normalized spacial score (nSPS) is 24.0. The first kappa shape index (κ1) is 27.5. The number of hydrogen-bond acceptors (Lipinski definition) is 7. The topological polar surface area (TPSA) is 104 Å². The fourth-order valence-corrected chi connectivity index (χ4v) is 8.27. The molecule has 1 aliphatic carbocycles. The van der Waals surface area contributed by atoms with Crippen LogP contribution in [0.4, 0.5) is 0 Å². The predicted octanol–water partition coefficient (Wildman–Crippen LogP) is 3.87. The number of benzene rings is 1. The molecule has 3 heterocycles. The van der Waals surface area contributed by atoms with E-state index < -0.39 is 10.0 Å². The first-order valence-corrected chi connectivity index (χ1v) is 15.9. The third-order valence-electron chi connectivity index (χ3n) is 8.50. The Morgan fingerprint density at radius 1 is 1.03 bits per heavy atom. The number of likely N-dealkylation sites (tertiary alicyclic amines) is 1. The second-order valence-electron chi connectivity index (χ2n) is 11.5. The van der Waals surface area contributed by atoms with Crippen LogP contribution in [-0.4, -0.2) is 78.2 Å². The Balaban J connectivity index is 1.23. The number of hydrogen-bond donors (Lipinski definition) is 1. The van der Waals surface area contributed by atoms with E-state index in [1.165, 1.54) is 0 Å². The maximum atomic E-state index is 13.7. The van der Waals surface area contributed by atoms with Crippen LogP contribution in [0.1, 0.15) is 79.1 Å². The van der Waals surface area contributed by atoms with Gasteiger partial charge in [-0.3, -0.25) is 4.79 Å². The van der Waals surface area contributed by atoms with Crippen LogP contribution in [0.3, 0.4) is 0 Å². The molecular formula is C29H41N3O5S. The van der Waals surface area contributed by atoms with E-state index in [0.717, 1.165) is 63.1 Å². The van der Waals surface area contributed by atoms with E-state index in [2.05, 4.69) is 22.2 Å².